The van der Waals surface area contributed by atoms with Crippen molar-refractivity contribution in [2.75, 3.05) is 19.7 Å². The first-order chi connectivity index (χ1) is 15.6. The van der Waals surface area contributed by atoms with Crippen molar-refractivity contribution < 1.29 is 27.5 Å². The molecule has 1 N–H and O–H groups in total. The Morgan fingerprint density at radius 3 is 2.12 bits per heavy atom. The standard InChI is InChI=1S/C24H30N2O6S/c1-5-26(6-2)33(30,31)20-14-10-13-19(15-20)23(28)25-22(17(3)4)24(29)32-16-21(27)18-11-8-7-9-12-18/h7-15,17,22H,5-6,16H2,1-4H3,(H,25,28)/t22-/m0/s1. The molecule has 0 saturated carbocycles. The fraction of sp³-hybridized carbons (Fsp3) is 0.375. The maximum Gasteiger partial charge on any atom is 0.329 e. The Morgan fingerprint density at radius 1 is 0.939 bits per heavy atom. The van der Waals surface area contributed by atoms with Crippen LogP contribution in [0.4, 0.5) is 0 Å². The van der Waals surface area contributed by atoms with E-state index in [1.807, 2.05) is 0 Å². The molecule has 0 spiro atoms. The van der Waals surface area contributed by atoms with Gasteiger partial charge in [-0.05, 0) is 24.1 Å². The molecule has 33 heavy (non-hydrogen) atoms. The van der Waals surface area contributed by atoms with Crippen molar-refractivity contribution in [3.05, 3.63) is 65.7 Å². The van der Waals surface area contributed by atoms with Gasteiger partial charge in [-0.25, -0.2) is 13.2 Å². The van der Waals surface area contributed by atoms with Crippen LogP contribution in [0.2, 0.25) is 0 Å². The topological polar surface area (TPSA) is 110 Å². The summed E-state index contributed by atoms with van der Waals surface area (Å²) in [6, 6.07) is 13.1. The lowest BCUT2D eigenvalue weighted by molar-refractivity contribution is -0.145. The highest BCUT2D eigenvalue weighted by Crippen LogP contribution is 2.17. The third-order valence-electron chi connectivity index (χ3n) is 5.09. The second-order valence-electron chi connectivity index (χ2n) is 7.71. The van der Waals surface area contributed by atoms with Crippen molar-refractivity contribution >= 4 is 27.7 Å². The summed E-state index contributed by atoms with van der Waals surface area (Å²) < 4.78 is 32.0. The molecule has 0 aliphatic rings. The average molecular weight is 475 g/mol. The molecule has 9 heteroatoms. The number of hydrogen-bond acceptors (Lipinski definition) is 6. The third kappa shape index (κ3) is 6.72. The Kier molecular flexibility index (Phi) is 9.31. The number of carbonyl (C=O) groups is 3. The van der Waals surface area contributed by atoms with Gasteiger partial charge in [-0.3, -0.25) is 9.59 Å². The molecule has 2 aromatic rings. The predicted octanol–water partition coefficient (Wildman–Crippen LogP) is 2.90. The zero-order valence-electron chi connectivity index (χ0n) is 19.3. The number of ether oxygens (including phenoxy) is 1. The zero-order valence-corrected chi connectivity index (χ0v) is 20.1. The van der Waals surface area contributed by atoms with Crippen molar-refractivity contribution in [3.8, 4) is 0 Å². The number of Topliss-reactive ketones (excluding diaryl/α,β-unsaturated/α-hetero) is 1. The molecule has 0 radical (unpaired) electrons. The van der Waals surface area contributed by atoms with Crippen LogP contribution in [-0.4, -0.2) is 56.1 Å². The van der Waals surface area contributed by atoms with Crippen molar-refractivity contribution in [1.29, 1.82) is 0 Å². The SMILES string of the molecule is CCN(CC)S(=O)(=O)c1cccc(C(=O)N[C@H](C(=O)OCC(=O)c2ccccc2)C(C)C)c1. The molecule has 0 heterocycles. The van der Waals surface area contributed by atoms with Gasteiger partial charge in [0, 0.05) is 24.2 Å². The van der Waals surface area contributed by atoms with Gasteiger partial charge in [0.15, 0.2) is 12.4 Å². The third-order valence-corrected chi connectivity index (χ3v) is 7.13. The second kappa shape index (κ2) is 11.7. The largest absolute Gasteiger partial charge is 0.456 e. The van der Waals surface area contributed by atoms with Crippen LogP contribution in [0.5, 0.6) is 0 Å². The van der Waals surface area contributed by atoms with Crippen LogP contribution in [0.15, 0.2) is 59.5 Å². The second-order valence-corrected chi connectivity index (χ2v) is 9.65. The van der Waals surface area contributed by atoms with Gasteiger partial charge in [0.1, 0.15) is 6.04 Å². The summed E-state index contributed by atoms with van der Waals surface area (Å²) in [6.07, 6.45) is 0. The summed E-state index contributed by atoms with van der Waals surface area (Å²) in [5.74, 6) is -2.03. The van der Waals surface area contributed by atoms with Gasteiger partial charge in [0.2, 0.25) is 10.0 Å². The van der Waals surface area contributed by atoms with E-state index in [9.17, 15) is 22.8 Å². The smallest absolute Gasteiger partial charge is 0.329 e. The number of hydrogen-bond donors (Lipinski definition) is 1. The quantitative estimate of drug-likeness (QED) is 0.396. The first-order valence-corrected chi connectivity index (χ1v) is 12.2. The van der Waals surface area contributed by atoms with E-state index in [4.69, 9.17) is 4.74 Å². The van der Waals surface area contributed by atoms with Gasteiger partial charge in [-0.2, -0.15) is 4.31 Å². The lowest BCUT2D eigenvalue weighted by Gasteiger charge is -2.21. The highest BCUT2D eigenvalue weighted by atomic mass is 32.2. The van der Waals surface area contributed by atoms with Gasteiger partial charge in [0.25, 0.3) is 5.91 Å². The number of esters is 1. The van der Waals surface area contributed by atoms with E-state index in [1.165, 1.54) is 28.6 Å². The Bertz CT molecular complexity index is 1080. The Labute approximate surface area is 195 Å². The van der Waals surface area contributed by atoms with E-state index < -0.39 is 34.5 Å². The molecule has 0 aromatic heterocycles. The molecule has 0 fully saturated rings. The molecule has 0 unspecified atom stereocenters. The van der Waals surface area contributed by atoms with E-state index in [-0.39, 0.29) is 22.2 Å². The van der Waals surface area contributed by atoms with E-state index >= 15 is 0 Å². The van der Waals surface area contributed by atoms with Gasteiger partial charge >= 0.3 is 5.97 Å². The lowest BCUT2D eigenvalue weighted by Crippen LogP contribution is -2.45. The fourth-order valence-electron chi connectivity index (χ4n) is 3.17. The highest BCUT2D eigenvalue weighted by Gasteiger charge is 2.28. The summed E-state index contributed by atoms with van der Waals surface area (Å²) in [5.41, 5.74) is 0.517. The maximum absolute atomic E-state index is 12.8. The number of carbonyl (C=O) groups excluding carboxylic acids is 3. The summed E-state index contributed by atoms with van der Waals surface area (Å²) in [5, 5.41) is 2.60. The van der Waals surface area contributed by atoms with Gasteiger partial charge < -0.3 is 10.1 Å². The molecule has 8 nitrogen and oxygen atoms in total. The number of nitrogens with zero attached hydrogens (tertiary/aromatic N) is 1. The lowest BCUT2D eigenvalue weighted by atomic mass is 10.0. The molecule has 1 atom stereocenters. The Hall–Kier alpha value is -3.04. The zero-order chi connectivity index (χ0) is 24.6. The molecule has 178 valence electrons. The number of benzene rings is 2. The number of amides is 1. The molecule has 2 rings (SSSR count). The van der Waals surface area contributed by atoms with E-state index in [2.05, 4.69) is 5.32 Å². The summed E-state index contributed by atoms with van der Waals surface area (Å²) in [4.78, 5) is 37.6. The van der Waals surface area contributed by atoms with Crippen LogP contribution >= 0.6 is 0 Å². The van der Waals surface area contributed by atoms with Gasteiger partial charge in [-0.15, -0.1) is 0 Å². The summed E-state index contributed by atoms with van der Waals surface area (Å²) in [7, 11) is -3.74. The summed E-state index contributed by atoms with van der Waals surface area (Å²) in [6.45, 7) is 7.09. The van der Waals surface area contributed by atoms with Crippen molar-refractivity contribution in [2.45, 2.75) is 38.6 Å². The first-order valence-electron chi connectivity index (χ1n) is 10.8. The molecule has 0 aliphatic carbocycles. The minimum Gasteiger partial charge on any atom is -0.456 e. The van der Waals surface area contributed by atoms with Crippen molar-refractivity contribution in [1.82, 2.24) is 9.62 Å². The minimum atomic E-state index is -3.74. The molecule has 0 saturated heterocycles. The fourth-order valence-corrected chi connectivity index (χ4v) is 4.67. The number of ketones is 1. The first kappa shape index (κ1) is 26.2. The molecule has 0 aliphatic heterocycles. The number of nitrogens with one attached hydrogen (secondary N) is 1. The van der Waals surface area contributed by atoms with Crippen LogP contribution in [0.3, 0.4) is 0 Å². The normalized spacial score (nSPS) is 12.4. The van der Waals surface area contributed by atoms with Crippen LogP contribution in [0.25, 0.3) is 0 Å². The van der Waals surface area contributed by atoms with Crippen molar-refractivity contribution in [2.24, 2.45) is 5.92 Å². The monoisotopic (exact) mass is 474 g/mol. The van der Waals surface area contributed by atoms with Crippen LogP contribution in [-0.2, 0) is 19.6 Å². The molecular weight excluding hydrogens is 444 g/mol. The molecule has 1 amide bonds. The number of rotatable bonds is 11. The average Bonchev–Trinajstić information content (AvgIpc) is 2.81. The predicted molar refractivity (Wildman–Crippen MR) is 124 cm³/mol. The van der Waals surface area contributed by atoms with Crippen molar-refractivity contribution in [3.63, 3.8) is 0 Å². The number of sulfonamides is 1. The molecule has 0 bridgehead atoms. The summed E-state index contributed by atoms with van der Waals surface area (Å²) >= 11 is 0. The van der Waals surface area contributed by atoms with E-state index in [0.717, 1.165) is 0 Å². The van der Waals surface area contributed by atoms with Crippen LogP contribution < -0.4 is 5.32 Å². The van der Waals surface area contributed by atoms with E-state index in [1.54, 1.807) is 58.0 Å². The molecule has 2 aromatic carbocycles. The van der Waals surface area contributed by atoms with Gasteiger partial charge in [0.05, 0.1) is 4.90 Å². The Balaban J connectivity index is 2.12. The highest BCUT2D eigenvalue weighted by molar-refractivity contribution is 7.89. The molecular formula is C24H30N2O6S. The van der Waals surface area contributed by atoms with Crippen LogP contribution in [0.1, 0.15) is 48.4 Å². The van der Waals surface area contributed by atoms with E-state index in [0.29, 0.717) is 18.7 Å². The van der Waals surface area contributed by atoms with Crippen LogP contribution in [0, 0.1) is 5.92 Å². The maximum atomic E-state index is 12.8. The van der Waals surface area contributed by atoms with Gasteiger partial charge in [-0.1, -0.05) is 64.1 Å². The Morgan fingerprint density at radius 2 is 1.55 bits per heavy atom. The minimum absolute atomic E-state index is 0.00372.